The van der Waals surface area contributed by atoms with Gasteiger partial charge in [-0.05, 0) is 43.9 Å². The molecule has 0 aliphatic rings. The van der Waals surface area contributed by atoms with E-state index in [4.69, 9.17) is 23.2 Å². The van der Waals surface area contributed by atoms with Gasteiger partial charge in [0, 0.05) is 12.1 Å². The van der Waals surface area contributed by atoms with Gasteiger partial charge in [-0.3, -0.25) is 0 Å². The number of benzene rings is 1. The molecule has 0 aliphatic heterocycles. The molecule has 0 fully saturated rings. The van der Waals surface area contributed by atoms with Crippen LogP contribution in [0.5, 0.6) is 0 Å². The standard InChI is InChI=1S/C16H19Cl2NS/c1-11(8-9-13-6-4-3-5-7-13)19-12(2)14-10-15(17)20-16(14)18/h3-7,10-12,19H,8-9H2,1-2H3. The Balaban J connectivity index is 1.85. The van der Waals surface area contributed by atoms with Crippen LogP contribution in [-0.4, -0.2) is 6.04 Å². The lowest BCUT2D eigenvalue weighted by Crippen LogP contribution is -2.29. The maximum Gasteiger partial charge on any atom is 0.0991 e. The number of aryl methyl sites for hydroxylation is 1. The molecule has 4 heteroatoms. The van der Waals surface area contributed by atoms with Gasteiger partial charge in [-0.15, -0.1) is 11.3 Å². The normalized spacial score (nSPS) is 14.2. The van der Waals surface area contributed by atoms with Crippen LogP contribution in [0, 0.1) is 0 Å². The molecule has 0 amide bonds. The van der Waals surface area contributed by atoms with E-state index in [0.29, 0.717) is 6.04 Å². The summed E-state index contributed by atoms with van der Waals surface area (Å²) in [7, 11) is 0. The minimum absolute atomic E-state index is 0.219. The van der Waals surface area contributed by atoms with E-state index in [1.54, 1.807) is 0 Å². The lowest BCUT2D eigenvalue weighted by molar-refractivity contribution is 0.457. The molecule has 2 rings (SSSR count). The highest BCUT2D eigenvalue weighted by molar-refractivity contribution is 7.20. The summed E-state index contributed by atoms with van der Waals surface area (Å²) in [4.78, 5) is 0. The van der Waals surface area contributed by atoms with E-state index in [0.717, 1.165) is 27.1 Å². The second kappa shape index (κ2) is 7.46. The van der Waals surface area contributed by atoms with Crippen LogP contribution in [-0.2, 0) is 6.42 Å². The molecule has 0 bridgehead atoms. The molecule has 0 radical (unpaired) electrons. The molecule has 2 unspecified atom stereocenters. The summed E-state index contributed by atoms with van der Waals surface area (Å²) in [6.45, 7) is 4.34. The average Bonchev–Trinajstić information content (AvgIpc) is 2.77. The van der Waals surface area contributed by atoms with E-state index >= 15 is 0 Å². The summed E-state index contributed by atoms with van der Waals surface area (Å²) in [5, 5.41) is 3.58. The number of rotatable bonds is 6. The van der Waals surface area contributed by atoms with Crippen molar-refractivity contribution in [1.29, 1.82) is 0 Å². The van der Waals surface area contributed by atoms with Gasteiger partial charge in [0.05, 0.1) is 8.67 Å². The fraction of sp³-hybridized carbons (Fsp3) is 0.375. The van der Waals surface area contributed by atoms with Gasteiger partial charge in [0.2, 0.25) is 0 Å². The van der Waals surface area contributed by atoms with Crippen molar-refractivity contribution in [2.24, 2.45) is 0 Å². The molecule has 1 aromatic heterocycles. The first kappa shape index (κ1) is 15.8. The van der Waals surface area contributed by atoms with Crippen molar-refractivity contribution in [2.45, 2.75) is 38.8 Å². The van der Waals surface area contributed by atoms with E-state index in [-0.39, 0.29) is 6.04 Å². The van der Waals surface area contributed by atoms with Crippen LogP contribution in [0.25, 0.3) is 0 Å². The molecular formula is C16H19Cl2NS. The summed E-state index contributed by atoms with van der Waals surface area (Å²) < 4.78 is 1.53. The third-order valence-corrected chi connectivity index (χ3v) is 4.91. The third kappa shape index (κ3) is 4.49. The number of hydrogen-bond acceptors (Lipinski definition) is 2. The zero-order valence-corrected chi connectivity index (χ0v) is 14.0. The minimum Gasteiger partial charge on any atom is -0.308 e. The Morgan fingerprint density at radius 2 is 1.85 bits per heavy atom. The first-order chi connectivity index (χ1) is 9.56. The van der Waals surface area contributed by atoms with Crippen molar-refractivity contribution < 1.29 is 0 Å². The van der Waals surface area contributed by atoms with Gasteiger partial charge < -0.3 is 5.32 Å². The van der Waals surface area contributed by atoms with Crippen LogP contribution in [0.1, 0.15) is 37.4 Å². The molecule has 0 saturated carbocycles. The van der Waals surface area contributed by atoms with Crippen molar-refractivity contribution in [1.82, 2.24) is 5.32 Å². The topological polar surface area (TPSA) is 12.0 Å². The van der Waals surface area contributed by atoms with E-state index in [9.17, 15) is 0 Å². The fourth-order valence-electron chi connectivity index (χ4n) is 2.28. The molecule has 0 spiro atoms. The Morgan fingerprint density at radius 1 is 1.15 bits per heavy atom. The SMILES string of the molecule is CC(CCc1ccccc1)NC(C)c1cc(Cl)sc1Cl. The molecule has 2 atom stereocenters. The van der Waals surface area contributed by atoms with Crippen LogP contribution in [0.4, 0.5) is 0 Å². The van der Waals surface area contributed by atoms with E-state index in [1.165, 1.54) is 16.9 Å². The maximum atomic E-state index is 6.19. The van der Waals surface area contributed by atoms with Crippen LogP contribution >= 0.6 is 34.5 Å². The van der Waals surface area contributed by atoms with Gasteiger partial charge >= 0.3 is 0 Å². The van der Waals surface area contributed by atoms with Crippen molar-refractivity contribution >= 4 is 34.5 Å². The second-order valence-electron chi connectivity index (χ2n) is 5.09. The third-order valence-electron chi connectivity index (χ3n) is 3.39. The number of nitrogens with one attached hydrogen (secondary N) is 1. The Morgan fingerprint density at radius 3 is 2.45 bits per heavy atom. The Bertz CT molecular complexity index is 539. The van der Waals surface area contributed by atoms with Crippen molar-refractivity contribution in [3.8, 4) is 0 Å². The number of halogens is 2. The molecular weight excluding hydrogens is 309 g/mol. The summed E-state index contributed by atoms with van der Waals surface area (Å²) in [5.41, 5.74) is 2.47. The van der Waals surface area contributed by atoms with E-state index in [2.05, 4.69) is 49.5 Å². The van der Waals surface area contributed by atoms with Gasteiger partial charge in [-0.2, -0.15) is 0 Å². The molecule has 2 aromatic rings. The second-order valence-corrected chi connectivity index (χ2v) is 7.38. The van der Waals surface area contributed by atoms with Gasteiger partial charge in [-0.25, -0.2) is 0 Å². The first-order valence-electron chi connectivity index (χ1n) is 6.81. The first-order valence-corrected chi connectivity index (χ1v) is 8.38. The monoisotopic (exact) mass is 327 g/mol. The highest BCUT2D eigenvalue weighted by Gasteiger charge is 2.15. The Hall–Kier alpha value is -0.540. The van der Waals surface area contributed by atoms with Gasteiger partial charge in [0.15, 0.2) is 0 Å². The van der Waals surface area contributed by atoms with Crippen LogP contribution < -0.4 is 5.32 Å². The number of hydrogen-bond donors (Lipinski definition) is 1. The largest absolute Gasteiger partial charge is 0.308 e. The smallest absolute Gasteiger partial charge is 0.0991 e. The zero-order valence-electron chi connectivity index (χ0n) is 11.7. The quantitative estimate of drug-likeness (QED) is 0.714. The number of thiophene rings is 1. The summed E-state index contributed by atoms with van der Waals surface area (Å²) in [5.74, 6) is 0. The van der Waals surface area contributed by atoms with Crippen molar-refractivity contribution in [3.05, 3.63) is 56.2 Å². The van der Waals surface area contributed by atoms with Gasteiger partial charge in [0.1, 0.15) is 0 Å². The van der Waals surface area contributed by atoms with E-state index < -0.39 is 0 Å². The molecule has 108 valence electrons. The van der Waals surface area contributed by atoms with Crippen LogP contribution in [0.3, 0.4) is 0 Å². The van der Waals surface area contributed by atoms with Gasteiger partial charge in [0.25, 0.3) is 0 Å². The molecule has 20 heavy (non-hydrogen) atoms. The minimum atomic E-state index is 0.219. The maximum absolute atomic E-state index is 6.19. The average molecular weight is 328 g/mol. The Kier molecular flexibility index (Phi) is 5.91. The highest BCUT2D eigenvalue weighted by Crippen LogP contribution is 2.35. The lowest BCUT2D eigenvalue weighted by Gasteiger charge is -2.20. The molecule has 0 saturated heterocycles. The van der Waals surface area contributed by atoms with Crippen LogP contribution in [0.2, 0.25) is 8.67 Å². The summed E-state index contributed by atoms with van der Waals surface area (Å²) in [6, 6.07) is 13.2. The van der Waals surface area contributed by atoms with Crippen molar-refractivity contribution in [3.63, 3.8) is 0 Å². The fourth-order valence-corrected chi connectivity index (χ4v) is 3.92. The van der Waals surface area contributed by atoms with E-state index in [1.807, 2.05) is 6.07 Å². The lowest BCUT2D eigenvalue weighted by atomic mass is 10.0. The molecule has 1 nitrogen and oxygen atoms in total. The van der Waals surface area contributed by atoms with Crippen LogP contribution in [0.15, 0.2) is 36.4 Å². The summed E-state index contributed by atoms with van der Waals surface area (Å²) in [6.07, 6.45) is 2.18. The predicted molar refractivity (Wildman–Crippen MR) is 90.1 cm³/mol. The summed E-state index contributed by atoms with van der Waals surface area (Å²) >= 11 is 13.6. The molecule has 1 aromatic carbocycles. The highest BCUT2D eigenvalue weighted by atomic mass is 35.5. The van der Waals surface area contributed by atoms with Crippen molar-refractivity contribution in [2.75, 3.05) is 0 Å². The predicted octanol–water partition coefficient (Wildman–Crippen LogP) is 5.73. The molecule has 0 aliphatic carbocycles. The van der Waals surface area contributed by atoms with Gasteiger partial charge in [-0.1, -0.05) is 53.5 Å². The Labute approximate surface area is 134 Å². The zero-order chi connectivity index (χ0) is 14.5. The molecule has 1 heterocycles. The molecule has 1 N–H and O–H groups in total.